The number of amides is 1. The van der Waals surface area contributed by atoms with E-state index in [-0.39, 0.29) is 17.3 Å². The molecule has 0 aliphatic carbocycles. The van der Waals surface area contributed by atoms with Crippen molar-refractivity contribution in [3.63, 3.8) is 0 Å². The number of H-pyrrole nitrogens is 1. The normalized spacial score (nSPS) is 10.7. The zero-order valence-electron chi connectivity index (χ0n) is 15.1. The fourth-order valence-corrected chi connectivity index (χ4v) is 2.79. The van der Waals surface area contributed by atoms with Gasteiger partial charge in [0.1, 0.15) is 5.69 Å². The molecule has 25 heavy (non-hydrogen) atoms. The number of anilines is 2. The highest BCUT2D eigenvalue weighted by atomic mass is 32.2. The Labute approximate surface area is 151 Å². The molecule has 1 heterocycles. The van der Waals surface area contributed by atoms with Crippen LogP contribution in [0.5, 0.6) is 0 Å². The minimum absolute atomic E-state index is 0.225. The third kappa shape index (κ3) is 7.43. The molecule has 0 fully saturated rings. The van der Waals surface area contributed by atoms with Crippen molar-refractivity contribution in [3.05, 3.63) is 10.4 Å². The molecule has 1 amide bonds. The topological polar surface area (TPSA) is 106 Å². The van der Waals surface area contributed by atoms with Gasteiger partial charge in [-0.25, -0.2) is 4.98 Å². The second-order valence-electron chi connectivity index (χ2n) is 5.06. The van der Waals surface area contributed by atoms with Crippen molar-refractivity contribution in [2.75, 3.05) is 70.2 Å². The van der Waals surface area contributed by atoms with Crippen molar-refractivity contribution in [1.82, 2.24) is 9.97 Å². The Morgan fingerprint density at radius 3 is 2.28 bits per heavy atom. The smallest absolute Gasteiger partial charge is 0.277 e. The molecule has 0 saturated carbocycles. The first-order valence-electron chi connectivity index (χ1n) is 7.80. The predicted octanol–water partition coefficient (Wildman–Crippen LogP) is 0.566. The Balaban J connectivity index is 3.18. The van der Waals surface area contributed by atoms with Crippen LogP contribution >= 0.6 is 11.8 Å². The van der Waals surface area contributed by atoms with Gasteiger partial charge in [-0.15, -0.1) is 0 Å². The number of ether oxygens (including phenoxy) is 3. The van der Waals surface area contributed by atoms with Crippen molar-refractivity contribution in [2.45, 2.75) is 12.1 Å². The molecule has 0 saturated heterocycles. The third-order valence-electron chi connectivity index (χ3n) is 3.14. The van der Waals surface area contributed by atoms with E-state index in [4.69, 9.17) is 14.2 Å². The number of methoxy groups -OCH3 is 3. The van der Waals surface area contributed by atoms with Gasteiger partial charge in [-0.1, -0.05) is 11.8 Å². The van der Waals surface area contributed by atoms with Gasteiger partial charge in [0.25, 0.3) is 5.56 Å². The zero-order chi connectivity index (χ0) is 18.7. The number of rotatable bonds is 12. The molecule has 1 aromatic rings. The molecule has 142 valence electrons. The number of thioether (sulfide) groups is 1. The number of carbonyl (C=O) groups excluding carboxylic acids is 1. The molecule has 9 nitrogen and oxygen atoms in total. The Morgan fingerprint density at radius 2 is 1.76 bits per heavy atom. The van der Waals surface area contributed by atoms with Gasteiger partial charge in [0.2, 0.25) is 5.91 Å². The van der Waals surface area contributed by atoms with Gasteiger partial charge < -0.3 is 24.4 Å². The van der Waals surface area contributed by atoms with Crippen LogP contribution in [-0.2, 0) is 19.0 Å². The molecular formula is C15H26N4O5S. The van der Waals surface area contributed by atoms with E-state index in [2.05, 4.69) is 15.3 Å². The van der Waals surface area contributed by atoms with Crippen LogP contribution in [0.2, 0.25) is 0 Å². The van der Waals surface area contributed by atoms with Crippen LogP contribution in [0, 0.1) is 0 Å². The Bertz CT molecular complexity index is 588. The third-order valence-corrected chi connectivity index (χ3v) is 3.98. The van der Waals surface area contributed by atoms with Crippen LogP contribution in [0.1, 0.15) is 6.92 Å². The molecule has 10 heteroatoms. The zero-order valence-corrected chi connectivity index (χ0v) is 15.9. The molecule has 0 aliphatic rings. The van der Waals surface area contributed by atoms with Gasteiger partial charge >= 0.3 is 0 Å². The highest BCUT2D eigenvalue weighted by Crippen LogP contribution is 2.22. The summed E-state index contributed by atoms with van der Waals surface area (Å²) in [6.45, 7) is 3.68. The molecule has 0 radical (unpaired) electrons. The number of nitrogens with one attached hydrogen (secondary N) is 2. The van der Waals surface area contributed by atoms with Crippen LogP contribution < -0.4 is 15.8 Å². The summed E-state index contributed by atoms with van der Waals surface area (Å²) in [7, 11) is 4.77. The Morgan fingerprint density at radius 1 is 1.16 bits per heavy atom. The number of nitrogens with zero attached hydrogens (tertiary/aromatic N) is 2. The number of hydrogen-bond donors (Lipinski definition) is 2. The van der Waals surface area contributed by atoms with Crippen molar-refractivity contribution in [3.8, 4) is 0 Å². The maximum atomic E-state index is 12.6. The average Bonchev–Trinajstić information content (AvgIpc) is 2.55. The maximum Gasteiger partial charge on any atom is 0.277 e. The molecule has 0 spiro atoms. The molecule has 2 N–H and O–H groups in total. The lowest BCUT2D eigenvalue weighted by Gasteiger charge is -2.25. The molecule has 1 rings (SSSR count). The summed E-state index contributed by atoms with van der Waals surface area (Å²) in [5.41, 5.74) is -0.0359. The first-order valence-corrected chi connectivity index (χ1v) is 8.78. The van der Waals surface area contributed by atoms with Gasteiger partial charge in [-0.3, -0.25) is 14.6 Å². The van der Waals surface area contributed by atoms with Gasteiger partial charge in [-0.2, -0.15) is 0 Å². The van der Waals surface area contributed by atoms with Crippen LogP contribution in [-0.4, -0.2) is 75.9 Å². The van der Waals surface area contributed by atoms with Crippen molar-refractivity contribution in [1.29, 1.82) is 0 Å². The minimum Gasteiger partial charge on any atom is -0.384 e. The van der Waals surface area contributed by atoms with Crippen LogP contribution in [0.4, 0.5) is 11.5 Å². The fraction of sp³-hybridized carbons (Fsp3) is 0.667. The standard InChI is InChI=1S/C15H26N4O5S/c1-11(20)16-13-12(19(5-7-22-2)6-8-23-3)14(21)18-15(17-13)25-10-9-24-4/h5-10H2,1-4H3,(H2,16,17,18,20,21). The largest absolute Gasteiger partial charge is 0.384 e. The van der Waals surface area contributed by atoms with E-state index in [1.807, 2.05) is 0 Å². The van der Waals surface area contributed by atoms with Crippen molar-refractivity contribution < 1.29 is 19.0 Å². The van der Waals surface area contributed by atoms with Gasteiger partial charge in [0.05, 0.1) is 19.8 Å². The minimum atomic E-state index is -0.328. The summed E-state index contributed by atoms with van der Waals surface area (Å²) in [4.78, 5) is 33.1. The van der Waals surface area contributed by atoms with E-state index in [0.29, 0.717) is 49.5 Å². The monoisotopic (exact) mass is 374 g/mol. The van der Waals surface area contributed by atoms with E-state index in [1.165, 1.54) is 18.7 Å². The Kier molecular flexibility index (Phi) is 10.2. The number of aromatic amines is 1. The van der Waals surface area contributed by atoms with E-state index in [1.54, 1.807) is 26.2 Å². The number of hydrogen-bond acceptors (Lipinski definition) is 8. The highest BCUT2D eigenvalue weighted by Gasteiger charge is 2.19. The quantitative estimate of drug-likeness (QED) is 0.311. The first-order chi connectivity index (χ1) is 12.0. The Hall–Kier alpha value is -1.62. The molecule has 0 aromatic carbocycles. The van der Waals surface area contributed by atoms with E-state index >= 15 is 0 Å². The van der Waals surface area contributed by atoms with Gasteiger partial charge in [0.15, 0.2) is 11.0 Å². The lowest BCUT2D eigenvalue weighted by Crippen LogP contribution is -2.36. The lowest BCUT2D eigenvalue weighted by molar-refractivity contribution is -0.114. The molecule has 0 unspecified atom stereocenters. The first kappa shape index (κ1) is 21.4. The second kappa shape index (κ2) is 11.9. The summed E-state index contributed by atoms with van der Waals surface area (Å²) in [6, 6.07) is 0. The SMILES string of the molecule is COCCSc1nc(NC(C)=O)c(N(CCOC)CCOC)c(=O)[nH]1. The lowest BCUT2D eigenvalue weighted by atomic mass is 10.3. The van der Waals surface area contributed by atoms with Crippen molar-refractivity contribution in [2.24, 2.45) is 0 Å². The maximum absolute atomic E-state index is 12.6. The summed E-state index contributed by atoms with van der Waals surface area (Å²) in [6.07, 6.45) is 0. The molecule has 0 atom stereocenters. The molecule has 0 aliphatic heterocycles. The van der Waals surface area contributed by atoms with E-state index < -0.39 is 0 Å². The molecule has 1 aromatic heterocycles. The highest BCUT2D eigenvalue weighted by molar-refractivity contribution is 7.99. The predicted molar refractivity (Wildman–Crippen MR) is 97.7 cm³/mol. The summed E-state index contributed by atoms with van der Waals surface area (Å²) in [5.74, 6) is 0.559. The summed E-state index contributed by atoms with van der Waals surface area (Å²) < 4.78 is 15.2. The second-order valence-corrected chi connectivity index (χ2v) is 6.15. The number of carbonyl (C=O) groups is 1. The number of aromatic nitrogens is 2. The molecule has 0 bridgehead atoms. The van der Waals surface area contributed by atoms with Crippen molar-refractivity contribution >= 4 is 29.2 Å². The fourth-order valence-electron chi connectivity index (χ4n) is 2.02. The summed E-state index contributed by atoms with van der Waals surface area (Å²) in [5, 5.41) is 3.06. The van der Waals surface area contributed by atoms with Crippen LogP contribution in [0.25, 0.3) is 0 Å². The van der Waals surface area contributed by atoms with E-state index in [0.717, 1.165) is 0 Å². The van der Waals surface area contributed by atoms with E-state index in [9.17, 15) is 9.59 Å². The average molecular weight is 374 g/mol. The summed E-state index contributed by atoms with van der Waals surface area (Å²) >= 11 is 1.35. The molecular weight excluding hydrogens is 348 g/mol. The van der Waals surface area contributed by atoms with Crippen LogP contribution in [0.3, 0.4) is 0 Å². The van der Waals surface area contributed by atoms with Gasteiger partial charge in [0, 0.05) is 47.1 Å². The van der Waals surface area contributed by atoms with Gasteiger partial charge in [-0.05, 0) is 0 Å². The van der Waals surface area contributed by atoms with Crippen LogP contribution in [0.15, 0.2) is 9.95 Å².